The van der Waals surface area contributed by atoms with Crippen LogP contribution in [-0.2, 0) is 4.74 Å². The van der Waals surface area contributed by atoms with Crippen molar-refractivity contribution in [1.82, 2.24) is 5.32 Å². The van der Waals surface area contributed by atoms with E-state index < -0.39 is 12.2 Å². The number of nitrogens with one attached hydrogen (secondary N) is 1. The minimum absolute atomic E-state index is 0.197. The molecule has 1 aliphatic rings. The Bertz CT molecular complexity index is 858. The number of amides is 2. The second-order valence-electron chi connectivity index (χ2n) is 5.88. The molecular formula is C19H19ClN2O5. The van der Waals surface area contributed by atoms with Gasteiger partial charge in [-0.1, -0.05) is 17.7 Å². The molecule has 2 aromatic carbocycles. The molecular weight excluding hydrogens is 372 g/mol. The van der Waals surface area contributed by atoms with Crippen molar-refractivity contribution in [2.45, 2.75) is 6.10 Å². The molecule has 1 atom stereocenters. The molecule has 0 aromatic heterocycles. The summed E-state index contributed by atoms with van der Waals surface area (Å²) in [7, 11) is 3.06. The first-order valence-electron chi connectivity index (χ1n) is 8.25. The Morgan fingerprint density at radius 3 is 2.78 bits per heavy atom. The molecule has 27 heavy (non-hydrogen) atoms. The van der Waals surface area contributed by atoms with Crippen LogP contribution in [0.15, 0.2) is 42.5 Å². The zero-order chi connectivity index (χ0) is 19.4. The van der Waals surface area contributed by atoms with Crippen LogP contribution in [0.5, 0.6) is 11.5 Å². The smallest absolute Gasteiger partial charge is 0.414 e. The third kappa shape index (κ3) is 4.25. The zero-order valence-corrected chi connectivity index (χ0v) is 15.7. The number of hydrogen-bond donors (Lipinski definition) is 1. The highest BCUT2D eigenvalue weighted by Gasteiger charge is 2.32. The Hall–Kier alpha value is -2.93. The van der Waals surface area contributed by atoms with E-state index in [2.05, 4.69) is 5.32 Å². The van der Waals surface area contributed by atoms with E-state index in [9.17, 15) is 9.59 Å². The van der Waals surface area contributed by atoms with Crippen LogP contribution < -0.4 is 19.7 Å². The van der Waals surface area contributed by atoms with Crippen molar-refractivity contribution >= 4 is 29.3 Å². The molecule has 2 aromatic rings. The fourth-order valence-corrected chi connectivity index (χ4v) is 2.99. The number of methoxy groups -OCH3 is 2. The molecule has 0 radical (unpaired) electrons. The second-order valence-corrected chi connectivity index (χ2v) is 6.28. The van der Waals surface area contributed by atoms with Crippen molar-refractivity contribution in [2.75, 3.05) is 32.2 Å². The highest BCUT2D eigenvalue weighted by atomic mass is 35.5. The molecule has 3 rings (SSSR count). The number of hydrogen-bond acceptors (Lipinski definition) is 5. The van der Waals surface area contributed by atoms with Gasteiger partial charge in [0.25, 0.3) is 5.91 Å². The van der Waals surface area contributed by atoms with Crippen LogP contribution in [0.3, 0.4) is 0 Å². The van der Waals surface area contributed by atoms with Crippen molar-refractivity contribution in [3.8, 4) is 11.5 Å². The molecule has 0 aliphatic carbocycles. The van der Waals surface area contributed by atoms with Crippen LogP contribution in [0, 0.1) is 0 Å². The fourth-order valence-electron chi connectivity index (χ4n) is 2.73. The van der Waals surface area contributed by atoms with E-state index in [0.717, 1.165) is 0 Å². The minimum atomic E-state index is -0.489. The summed E-state index contributed by atoms with van der Waals surface area (Å²) in [5, 5.41) is 3.17. The van der Waals surface area contributed by atoms with E-state index in [-0.39, 0.29) is 12.5 Å². The molecule has 2 amide bonds. The van der Waals surface area contributed by atoms with Gasteiger partial charge < -0.3 is 19.5 Å². The van der Waals surface area contributed by atoms with Gasteiger partial charge in [-0.05, 0) is 36.4 Å². The van der Waals surface area contributed by atoms with E-state index in [1.807, 2.05) is 0 Å². The number of carbonyl (C=O) groups is 2. The number of ether oxygens (including phenoxy) is 3. The number of halogens is 1. The van der Waals surface area contributed by atoms with Gasteiger partial charge in [-0.2, -0.15) is 0 Å². The molecule has 0 bridgehead atoms. The van der Waals surface area contributed by atoms with Gasteiger partial charge in [-0.15, -0.1) is 0 Å². The summed E-state index contributed by atoms with van der Waals surface area (Å²) in [6.07, 6.45) is -0.954. The Morgan fingerprint density at radius 2 is 2.07 bits per heavy atom. The molecule has 1 aliphatic heterocycles. The molecule has 1 heterocycles. The van der Waals surface area contributed by atoms with Crippen molar-refractivity contribution in [3.63, 3.8) is 0 Å². The quantitative estimate of drug-likeness (QED) is 0.820. The lowest BCUT2D eigenvalue weighted by Gasteiger charge is -2.14. The molecule has 1 saturated heterocycles. The minimum Gasteiger partial charge on any atom is -0.497 e. The summed E-state index contributed by atoms with van der Waals surface area (Å²) in [4.78, 5) is 25.9. The van der Waals surface area contributed by atoms with Gasteiger partial charge in [0.1, 0.15) is 17.6 Å². The maximum Gasteiger partial charge on any atom is 0.414 e. The first-order chi connectivity index (χ1) is 13.0. The van der Waals surface area contributed by atoms with Gasteiger partial charge in [0, 0.05) is 11.3 Å². The Kier molecular flexibility index (Phi) is 5.71. The number of cyclic esters (lactones) is 1. The average Bonchev–Trinajstić information content (AvgIpc) is 3.06. The summed E-state index contributed by atoms with van der Waals surface area (Å²) in [6, 6.07) is 11.9. The Morgan fingerprint density at radius 1 is 1.26 bits per heavy atom. The van der Waals surface area contributed by atoms with Crippen LogP contribution >= 0.6 is 11.6 Å². The summed E-state index contributed by atoms with van der Waals surface area (Å²) in [5.74, 6) is 0.850. The second kappa shape index (κ2) is 8.18. The summed E-state index contributed by atoms with van der Waals surface area (Å²) in [6.45, 7) is 0.502. The van der Waals surface area contributed by atoms with Crippen molar-refractivity contribution in [2.24, 2.45) is 0 Å². The standard InChI is InChI=1S/C19H19ClN2O5/c1-25-14-5-3-4-12(8-14)18(23)21-10-15-11-22(19(24)27-15)13-6-7-17(26-2)16(20)9-13/h3-9,15H,10-11H2,1-2H3,(H,21,23). The molecule has 1 unspecified atom stereocenters. The predicted octanol–water partition coefficient (Wildman–Crippen LogP) is 3.11. The van der Waals surface area contributed by atoms with Gasteiger partial charge in [0.15, 0.2) is 0 Å². The van der Waals surface area contributed by atoms with E-state index >= 15 is 0 Å². The van der Waals surface area contributed by atoms with Gasteiger partial charge >= 0.3 is 6.09 Å². The first kappa shape index (κ1) is 18.8. The number of benzene rings is 2. The average molecular weight is 391 g/mol. The van der Waals surface area contributed by atoms with E-state index in [0.29, 0.717) is 34.3 Å². The normalized spacial score (nSPS) is 16.0. The lowest BCUT2D eigenvalue weighted by molar-refractivity contribution is 0.0916. The number of nitrogens with zero attached hydrogens (tertiary/aromatic N) is 1. The largest absolute Gasteiger partial charge is 0.497 e. The molecule has 8 heteroatoms. The van der Waals surface area contributed by atoms with Crippen molar-refractivity contribution in [1.29, 1.82) is 0 Å². The topological polar surface area (TPSA) is 77.1 Å². The number of rotatable bonds is 6. The maximum absolute atomic E-state index is 12.3. The van der Waals surface area contributed by atoms with Crippen molar-refractivity contribution in [3.05, 3.63) is 53.1 Å². The van der Waals surface area contributed by atoms with Crippen LogP contribution in [0.25, 0.3) is 0 Å². The SMILES string of the molecule is COc1cccc(C(=O)NCC2CN(c3ccc(OC)c(Cl)c3)C(=O)O2)c1. The summed E-state index contributed by atoms with van der Waals surface area (Å²) < 4.78 is 15.6. The third-order valence-corrected chi connectivity index (χ3v) is 4.44. The van der Waals surface area contributed by atoms with E-state index in [4.69, 9.17) is 25.8 Å². The summed E-state index contributed by atoms with van der Waals surface area (Å²) in [5.41, 5.74) is 1.07. The molecule has 1 fully saturated rings. The van der Waals surface area contributed by atoms with Gasteiger partial charge in [-0.3, -0.25) is 9.69 Å². The van der Waals surface area contributed by atoms with Gasteiger partial charge in [-0.25, -0.2) is 4.79 Å². The number of anilines is 1. The first-order valence-corrected chi connectivity index (χ1v) is 8.63. The van der Waals surface area contributed by atoms with Crippen molar-refractivity contribution < 1.29 is 23.8 Å². The van der Waals surface area contributed by atoms with E-state index in [1.165, 1.54) is 19.1 Å². The third-order valence-electron chi connectivity index (χ3n) is 4.14. The summed E-state index contributed by atoms with van der Waals surface area (Å²) >= 11 is 6.12. The van der Waals surface area contributed by atoms with Crippen LogP contribution in [0.4, 0.5) is 10.5 Å². The van der Waals surface area contributed by atoms with Crippen LogP contribution in [-0.4, -0.2) is 45.4 Å². The highest BCUT2D eigenvalue weighted by Crippen LogP contribution is 2.31. The Labute approximate surface area is 161 Å². The maximum atomic E-state index is 12.3. The lowest BCUT2D eigenvalue weighted by atomic mass is 10.2. The predicted molar refractivity (Wildman–Crippen MR) is 101 cm³/mol. The fraction of sp³-hybridized carbons (Fsp3) is 0.263. The highest BCUT2D eigenvalue weighted by molar-refractivity contribution is 6.32. The molecule has 1 N–H and O–H groups in total. The van der Waals surface area contributed by atoms with Gasteiger partial charge in [0.05, 0.1) is 32.3 Å². The molecule has 142 valence electrons. The monoisotopic (exact) mass is 390 g/mol. The lowest BCUT2D eigenvalue weighted by Crippen LogP contribution is -2.34. The number of carbonyl (C=O) groups excluding carboxylic acids is 2. The Balaban J connectivity index is 1.60. The van der Waals surface area contributed by atoms with Crippen LogP contribution in [0.2, 0.25) is 5.02 Å². The zero-order valence-electron chi connectivity index (χ0n) is 14.9. The molecule has 0 spiro atoms. The van der Waals surface area contributed by atoms with Crippen LogP contribution in [0.1, 0.15) is 10.4 Å². The van der Waals surface area contributed by atoms with E-state index in [1.54, 1.807) is 42.5 Å². The molecule has 7 nitrogen and oxygen atoms in total. The molecule has 0 saturated carbocycles. The van der Waals surface area contributed by atoms with Gasteiger partial charge in [0.2, 0.25) is 0 Å².